The minimum Gasteiger partial charge on any atom is -0.385 e. The molecule has 4 nitrogen and oxygen atoms in total. The number of nitrogens with one attached hydrogen (secondary N) is 1. The second-order valence-electron chi connectivity index (χ2n) is 3.52. The lowest BCUT2D eigenvalue weighted by Gasteiger charge is -2.28. The molecule has 1 N–H and O–H groups in total. The number of halogens is 5. The zero-order chi connectivity index (χ0) is 13.3. The zero-order valence-corrected chi connectivity index (χ0v) is 8.31. The summed E-state index contributed by atoms with van der Waals surface area (Å²) in [6, 6.07) is -1.61. The van der Waals surface area contributed by atoms with Gasteiger partial charge in [0, 0.05) is 19.4 Å². The fourth-order valence-corrected chi connectivity index (χ4v) is 1.29. The minimum atomic E-state index is -5.33. The Bertz CT molecular complexity index is 328. The number of hydrogen-bond acceptors (Lipinski definition) is 4. The quantitative estimate of drug-likeness (QED) is 0.435. The molecule has 0 radical (unpaired) electrons. The van der Waals surface area contributed by atoms with E-state index in [9.17, 15) is 31.5 Å². The van der Waals surface area contributed by atoms with Crippen LogP contribution in [0.15, 0.2) is 0 Å². The van der Waals surface area contributed by atoms with E-state index in [0.717, 1.165) is 0 Å². The predicted molar refractivity (Wildman–Crippen MR) is 43.1 cm³/mol. The largest absolute Gasteiger partial charge is 0.491 e. The Morgan fingerprint density at radius 3 is 2.35 bits per heavy atom. The van der Waals surface area contributed by atoms with Crippen molar-refractivity contribution >= 4 is 11.9 Å². The summed E-state index contributed by atoms with van der Waals surface area (Å²) in [5, 5.41) is 2.26. The molecule has 98 valence electrons. The van der Waals surface area contributed by atoms with Gasteiger partial charge in [0.05, 0.1) is 0 Å². The van der Waals surface area contributed by atoms with Crippen LogP contribution in [0.25, 0.3) is 0 Å². The van der Waals surface area contributed by atoms with Gasteiger partial charge in [-0.05, 0) is 0 Å². The molecular formula is C8H8F5NO3. The van der Waals surface area contributed by atoms with Crippen LogP contribution in [0.4, 0.5) is 22.0 Å². The highest BCUT2D eigenvalue weighted by Crippen LogP contribution is 2.28. The molecule has 9 heteroatoms. The van der Waals surface area contributed by atoms with Gasteiger partial charge in [0.2, 0.25) is 0 Å². The molecule has 1 unspecified atom stereocenters. The second-order valence-corrected chi connectivity index (χ2v) is 3.52. The smallest absolute Gasteiger partial charge is 0.385 e. The first kappa shape index (κ1) is 13.8. The highest BCUT2D eigenvalue weighted by atomic mass is 19.4. The summed E-state index contributed by atoms with van der Waals surface area (Å²) in [6.45, 7) is -0.243. The molecule has 0 bridgehead atoms. The van der Waals surface area contributed by atoms with E-state index in [1.807, 2.05) is 0 Å². The van der Waals surface area contributed by atoms with Crippen molar-refractivity contribution in [3.8, 4) is 0 Å². The first-order valence-corrected chi connectivity index (χ1v) is 4.56. The summed E-state index contributed by atoms with van der Waals surface area (Å²) in [5.74, 6) is -7.51. The zero-order valence-electron chi connectivity index (χ0n) is 8.31. The molecule has 1 atom stereocenters. The van der Waals surface area contributed by atoms with Crippen LogP contribution in [0, 0.1) is 0 Å². The molecule has 1 saturated heterocycles. The molecule has 1 aliphatic rings. The Morgan fingerprint density at radius 1 is 1.29 bits per heavy atom. The van der Waals surface area contributed by atoms with Gasteiger partial charge in [-0.25, -0.2) is 18.4 Å². The van der Waals surface area contributed by atoms with E-state index in [1.54, 1.807) is 0 Å². The van der Waals surface area contributed by atoms with Gasteiger partial charge in [-0.3, -0.25) is 0 Å². The van der Waals surface area contributed by atoms with Gasteiger partial charge in [-0.15, -0.1) is 0 Å². The van der Waals surface area contributed by atoms with Crippen molar-refractivity contribution in [1.82, 2.24) is 5.32 Å². The van der Waals surface area contributed by atoms with Crippen molar-refractivity contribution in [2.75, 3.05) is 6.54 Å². The average Bonchev–Trinajstić information content (AvgIpc) is 2.14. The van der Waals surface area contributed by atoms with Crippen LogP contribution in [0.1, 0.15) is 12.8 Å². The number of ether oxygens (including phenoxy) is 1. The molecule has 0 amide bonds. The van der Waals surface area contributed by atoms with Crippen molar-refractivity contribution in [3.05, 3.63) is 0 Å². The van der Waals surface area contributed by atoms with Crippen LogP contribution in [-0.4, -0.2) is 36.6 Å². The van der Waals surface area contributed by atoms with Crippen LogP contribution in [0.2, 0.25) is 0 Å². The Balaban J connectivity index is 2.57. The molecule has 0 spiro atoms. The summed E-state index contributed by atoms with van der Waals surface area (Å²) < 4.78 is 64.3. The third-order valence-corrected chi connectivity index (χ3v) is 2.09. The van der Waals surface area contributed by atoms with Gasteiger partial charge in [-0.1, -0.05) is 0 Å². The number of carbonyl (C=O) groups excluding carboxylic acids is 2. The van der Waals surface area contributed by atoms with Gasteiger partial charge in [0.15, 0.2) is 0 Å². The second kappa shape index (κ2) is 4.55. The van der Waals surface area contributed by atoms with Crippen LogP contribution in [-0.2, 0) is 14.3 Å². The lowest BCUT2D eigenvalue weighted by Crippen LogP contribution is -2.49. The van der Waals surface area contributed by atoms with E-state index >= 15 is 0 Å². The molecule has 0 aromatic carbocycles. The molecule has 0 aliphatic carbocycles. The van der Waals surface area contributed by atoms with E-state index in [4.69, 9.17) is 0 Å². The van der Waals surface area contributed by atoms with E-state index in [0.29, 0.717) is 0 Å². The maximum Gasteiger partial charge on any atom is 0.491 e. The molecule has 0 saturated carbocycles. The summed E-state index contributed by atoms with van der Waals surface area (Å²) >= 11 is 0. The highest BCUT2D eigenvalue weighted by Gasteiger charge is 2.45. The minimum absolute atomic E-state index is 0.243. The first-order valence-electron chi connectivity index (χ1n) is 4.56. The molecule has 1 fully saturated rings. The standard InChI is InChI=1S/C8H8F5NO3/c9-7(10)1-2-14-4(3-7)5(15)17-6(16)8(11,12)13/h4,14H,1-3H2. The fraction of sp³-hybridized carbons (Fsp3) is 0.750. The normalized spacial score (nSPS) is 24.2. The lowest BCUT2D eigenvalue weighted by molar-refractivity contribution is -0.203. The first-order chi connectivity index (χ1) is 7.62. The summed E-state index contributed by atoms with van der Waals surface area (Å²) in [6.07, 6.45) is -6.84. The number of hydrogen-bond donors (Lipinski definition) is 1. The van der Waals surface area contributed by atoms with E-state index < -0.39 is 42.9 Å². The van der Waals surface area contributed by atoms with Crippen molar-refractivity contribution < 1.29 is 36.3 Å². The monoisotopic (exact) mass is 261 g/mol. The molecule has 1 heterocycles. The summed E-state index contributed by atoms with van der Waals surface area (Å²) in [5.41, 5.74) is 0. The molecule has 1 aliphatic heterocycles. The lowest BCUT2D eigenvalue weighted by atomic mass is 10.0. The number of piperidine rings is 1. The molecule has 17 heavy (non-hydrogen) atoms. The van der Waals surface area contributed by atoms with Crippen molar-refractivity contribution in [3.63, 3.8) is 0 Å². The van der Waals surface area contributed by atoms with Crippen LogP contribution in [0.5, 0.6) is 0 Å². The highest BCUT2D eigenvalue weighted by molar-refractivity contribution is 5.91. The molecular weight excluding hydrogens is 253 g/mol. The summed E-state index contributed by atoms with van der Waals surface area (Å²) in [7, 11) is 0. The predicted octanol–water partition coefficient (Wildman–Crippen LogP) is 1.01. The number of esters is 2. The Hall–Kier alpha value is -1.25. The van der Waals surface area contributed by atoms with Crippen molar-refractivity contribution in [2.24, 2.45) is 0 Å². The number of alkyl halides is 5. The Kier molecular flexibility index (Phi) is 3.70. The Labute approximate surface area is 92.1 Å². The summed E-state index contributed by atoms with van der Waals surface area (Å²) in [4.78, 5) is 21.3. The molecule has 1 rings (SSSR count). The van der Waals surface area contributed by atoms with Crippen LogP contribution in [0.3, 0.4) is 0 Å². The molecule has 0 aromatic heterocycles. The topological polar surface area (TPSA) is 55.4 Å². The van der Waals surface area contributed by atoms with Gasteiger partial charge < -0.3 is 10.1 Å². The van der Waals surface area contributed by atoms with Gasteiger partial charge >= 0.3 is 18.1 Å². The van der Waals surface area contributed by atoms with Crippen LogP contribution < -0.4 is 5.32 Å². The fourth-order valence-electron chi connectivity index (χ4n) is 1.29. The number of carbonyl (C=O) groups is 2. The van der Waals surface area contributed by atoms with E-state index in [-0.39, 0.29) is 6.54 Å². The maximum absolute atomic E-state index is 12.8. The van der Waals surface area contributed by atoms with Gasteiger partial charge in [-0.2, -0.15) is 13.2 Å². The Morgan fingerprint density at radius 2 is 1.88 bits per heavy atom. The van der Waals surface area contributed by atoms with Gasteiger partial charge in [0.1, 0.15) is 6.04 Å². The SMILES string of the molecule is O=C(OC(=O)C(F)(F)F)C1CC(F)(F)CCN1. The third kappa shape index (κ3) is 3.91. The van der Waals surface area contributed by atoms with Crippen molar-refractivity contribution in [2.45, 2.75) is 31.0 Å². The molecule has 0 aromatic rings. The third-order valence-electron chi connectivity index (χ3n) is 2.09. The average molecular weight is 261 g/mol. The van der Waals surface area contributed by atoms with E-state index in [1.165, 1.54) is 0 Å². The van der Waals surface area contributed by atoms with E-state index in [2.05, 4.69) is 10.1 Å². The van der Waals surface area contributed by atoms with Crippen LogP contribution >= 0.6 is 0 Å². The van der Waals surface area contributed by atoms with Gasteiger partial charge in [0.25, 0.3) is 5.92 Å². The maximum atomic E-state index is 12.8. The van der Waals surface area contributed by atoms with Crippen molar-refractivity contribution in [1.29, 1.82) is 0 Å². The number of rotatable bonds is 1.